The van der Waals surface area contributed by atoms with Crippen LogP contribution in [0.5, 0.6) is 0 Å². The molecule has 2 aliphatic rings. The lowest BCUT2D eigenvalue weighted by Gasteiger charge is -2.22. The summed E-state index contributed by atoms with van der Waals surface area (Å²) in [6.07, 6.45) is 6.83. The number of nitrogens with zero attached hydrogens (tertiary/aromatic N) is 2. The third-order valence-electron chi connectivity index (χ3n) is 3.86. The highest BCUT2D eigenvalue weighted by Gasteiger charge is 2.38. The molecule has 2 saturated heterocycles. The molecule has 3 nitrogen and oxygen atoms in total. The fourth-order valence-corrected chi connectivity index (χ4v) is 3.19. The summed E-state index contributed by atoms with van der Waals surface area (Å²) in [5.74, 6) is 0. The first-order valence-electron chi connectivity index (χ1n) is 5.76. The fraction of sp³-hybridized carbons (Fsp3) is 0.583. The minimum absolute atomic E-state index is 0.530. The van der Waals surface area contributed by atoms with Crippen molar-refractivity contribution in [2.24, 2.45) is 0 Å². The molecule has 0 spiro atoms. The molecule has 0 bridgehead atoms. The molecule has 0 radical (unpaired) electrons. The normalized spacial score (nSPS) is 30.7. The van der Waals surface area contributed by atoms with Crippen LogP contribution in [0, 0.1) is 0 Å². The van der Waals surface area contributed by atoms with Gasteiger partial charge in [0.15, 0.2) is 6.29 Å². The van der Waals surface area contributed by atoms with E-state index >= 15 is 0 Å². The molecule has 0 amide bonds. The maximum Gasteiger partial charge on any atom is 0.166 e. The topological polar surface area (TPSA) is 25.2 Å². The number of fused-ring (bicyclic) bond motifs is 1. The van der Waals surface area contributed by atoms with Gasteiger partial charge in [-0.25, -0.2) is 0 Å². The van der Waals surface area contributed by atoms with Crippen LogP contribution in [0.25, 0.3) is 0 Å². The van der Waals surface area contributed by atoms with E-state index in [1.165, 1.54) is 32.4 Å². The first kappa shape index (κ1) is 9.16. The van der Waals surface area contributed by atoms with Crippen molar-refractivity contribution in [3.05, 3.63) is 24.0 Å². The Kier molecular flexibility index (Phi) is 2.13. The molecule has 3 heterocycles. The van der Waals surface area contributed by atoms with Crippen molar-refractivity contribution >= 4 is 6.29 Å². The third kappa shape index (κ3) is 1.34. The number of aldehydes is 1. The summed E-state index contributed by atoms with van der Waals surface area (Å²) in [5.41, 5.74) is 0.828. The van der Waals surface area contributed by atoms with Gasteiger partial charge in [0, 0.05) is 18.8 Å². The monoisotopic (exact) mass is 204 g/mol. The van der Waals surface area contributed by atoms with E-state index < -0.39 is 0 Å². The van der Waals surface area contributed by atoms with Gasteiger partial charge in [0.25, 0.3) is 0 Å². The highest BCUT2D eigenvalue weighted by atomic mass is 16.1. The first-order chi connectivity index (χ1) is 7.40. The smallest absolute Gasteiger partial charge is 0.166 e. The van der Waals surface area contributed by atoms with E-state index in [0.29, 0.717) is 12.1 Å². The second kappa shape index (κ2) is 3.49. The van der Waals surface area contributed by atoms with E-state index in [2.05, 4.69) is 15.7 Å². The predicted octanol–water partition coefficient (Wildman–Crippen LogP) is 1.71. The van der Waals surface area contributed by atoms with Crippen molar-refractivity contribution < 1.29 is 4.79 Å². The summed E-state index contributed by atoms with van der Waals surface area (Å²) < 4.78 is 2.17. The van der Waals surface area contributed by atoms with Crippen LogP contribution >= 0.6 is 0 Å². The van der Waals surface area contributed by atoms with Crippen LogP contribution in [0.15, 0.2) is 18.3 Å². The summed E-state index contributed by atoms with van der Waals surface area (Å²) in [6, 6.07) is 5.09. The van der Waals surface area contributed by atoms with Gasteiger partial charge in [0.05, 0.1) is 11.7 Å². The number of carbonyl (C=O) groups is 1. The van der Waals surface area contributed by atoms with E-state index in [1.807, 2.05) is 12.1 Å². The van der Waals surface area contributed by atoms with Gasteiger partial charge < -0.3 is 4.57 Å². The SMILES string of the molecule is O=Cc1cccn1C1CCN2CCCC12. The molecule has 3 heteroatoms. The van der Waals surface area contributed by atoms with Gasteiger partial charge in [-0.3, -0.25) is 9.69 Å². The molecule has 1 aromatic rings. The molecular weight excluding hydrogens is 188 g/mol. The van der Waals surface area contributed by atoms with Crippen LogP contribution in [-0.2, 0) is 0 Å². The summed E-state index contributed by atoms with van der Waals surface area (Å²) >= 11 is 0. The van der Waals surface area contributed by atoms with Gasteiger partial charge in [0.1, 0.15) is 0 Å². The highest BCUT2D eigenvalue weighted by Crippen LogP contribution is 2.36. The zero-order valence-corrected chi connectivity index (χ0v) is 8.80. The lowest BCUT2D eigenvalue weighted by Crippen LogP contribution is -2.27. The summed E-state index contributed by atoms with van der Waals surface area (Å²) in [5, 5.41) is 0. The molecule has 0 N–H and O–H groups in total. The second-order valence-electron chi connectivity index (χ2n) is 4.56. The Balaban J connectivity index is 1.91. The number of hydrogen-bond acceptors (Lipinski definition) is 2. The first-order valence-corrected chi connectivity index (χ1v) is 5.76. The minimum Gasteiger partial charge on any atom is -0.341 e. The van der Waals surface area contributed by atoms with Gasteiger partial charge >= 0.3 is 0 Å². The highest BCUT2D eigenvalue weighted by molar-refractivity contribution is 5.72. The molecule has 15 heavy (non-hydrogen) atoms. The van der Waals surface area contributed by atoms with E-state index in [4.69, 9.17) is 0 Å². The van der Waals surface area contributed by atoms with Crippen molar-refractivity contribution in [1.82, 2.24) is 9.47 Å². The number of aromatic nitrogens is 1. The van der Waals surface area contributed by atoms with Gasteiger partial charge in [0.2, 0.25) is 0 Å². The van der Waals surface area contributed by atoms with E-state index in [1.54, 1.807) is 0 Å². The third-order valence-corrected chi connectivity index (χ3v) is 3.86. The molecular formula is C12H16N2O. The molecule has 2 fully saturated rings. The fourth-order valence-electron chi connectivity index (χ4n) is 3.19. The standard InChI is InChI=1S/C12H16N2O/c15-9-10-3-1-7-14(10)12-5-8-13-6-2-4-11(12)13/h1,3,7,9,11-12H,2,4-6,8H2. The van der Waals surface area contributed by atoms with Gasteiger partial charge in [-0.05, 0) is 37.9 Å². The van der Waals surface area contributed by atoms with Crippen molar-refractivity contribution in [3.8, 4) is 0 Å². The molecule has 2 unspecified atom stereocenters. The van der Waals surface area contributed by atoms with Crippen LogP contribution in [0.1, 0.15) is 35.8 Å². The van der Waals surface area contributed by atoms with Crippen LogP contribution in [0.3, 0.4) is 0 Å². The van der Waals surface area contributed by atoms with Crippen LogP contribution < -0.4 is 0 Å². The summed E-state index contributed by atoms with van der Waals surface area (Å²) in [4.78, 5) is 13.5. The lowest BCUT2D eigenvalue weighted by atomic mass is 10.1. The molecule has 2 aliphatic heterocycles. The number of rotatable bonds is 2. The van der Waals surface area contributed by atoms with Crippen LogP contribution in [0.2, 0.25) is 0 Å². The largest absolute Gasteiger partial charge is 0.341 e. The van der Waals surface area contributed by atoms with Gasteiger partial charge in [-0.1, -0.05) is 0 Å². The zero-order chi connectivity index (χ0) is 10.3. The average Bonchev–Trinajstić information content (AvgIpc) is 2.92. The number of hydrogen-bond donors (Lipinski definition) is 0. The summed E-state index contributed by atoms with van der Waals surface area (Å²) in [6.45, 7) is 2.45. The molecule has 0 aliphatic carbocycles. The van der Waals surface area contributed by atoms with Gasteiger partial charge in [-0.15, -0.1) is 0 Å². The maximum atomic E-state index is 10.9. The zero-order valence-electron chi connectivity index (χ0n) is 8.80. The average molecular weight is 204 g/mol. The van der Waals surface area contributed by atoms with E-state index in [-0.39, 0.29) is 0 Å². The molecule has 2 atom stereocenters. The quantitative estimate of drug-likeness (QED) is 0.685. The van der Waals surface area contributed by atoms with E-state index in [0.717, 1.165) is 12.0 Å². The Morgan fingerprint density at radius 2 is 2.20 bits per heavy atom. The van der Waals surface area contributed by atoms with Crippen LogP contribution in [0.4, 0.5) is 0 Å². The molecule has 0 saturated carbocycles. The molecule has 3 rings (SSSR count). The molecule has 80 valence electrons. The van der Waals surface area contributed by atoms with E-state index in [9.17, 15) is 4.79 Å². The van der Waals surface area contributed by atoms with Crippen molar-refractivity contribution in [2.45, 2.75) is 31.3 Å². The Labute approximate surface area is 89.7 Å². The Bertz CT molecular complexity index is 371. The van der Waals surface area contributed by atoms with Crippen molar-refractivity contribution in [3.63, 3.8) is 0 Å². The predicted molar refractivity (Wildman–Crippen MR) is 58.1 cm³/mol. The Morgan fingerprint density at radius 3 is 3.07 bits per heavy atom. The number of carbonyl (C=O) groups excluding carboxylic acids is 1. The van der Waals surface area contributed by atoms with Crippen molar-refractivity contribution in [2.75, 3.05) is 13.1 Å². The van der Waals surface area contributed by atoms with Crippen LogP contribution in [-0.4, -0.2) is 34.9 Å². The molecule has 0 aromatic carbocycles. The molecule has 1 aromatic heterocycles. The summed E-state index contributed by atoms with van der Waals surface area (Å²) in [7, 11) is 0. The Hall–Kier alpha value is -1.09. The minimum atomic E-state index is 0.530. The van der Waals surface area contributed by atoms with Gasteiger partial charge in [-0.2, -0.15) is 0 Å². The lowest BCUT2D eigenvalue weighted by molar-refractivity contribution is 0.111. The van der Waals surface area contributed by atoms with Crippen molar-refractivity contribution in [1.29, 1.82) is 0 Å². The second-order valence-corrected chi connectivity index (χ2v) is 4.56. The Morgan fingerprint density at radius 1 is 1.27 bits per heavy atom. The maximum absolute atomic E-state index is 10.9.